The highest BCUT2D eigenvalue weighted by Gasteiger charge is 2.24. The first kappa shape index (κ1) is 14.0. The van der Waals surface area contributed by atoms with Crippen LogP contribution in [0, 0.1) is 0 Å². The van der Waals surface area contributed by atoms with Crippen molar-refractivity contribution in [2.75, 3.05) is 37.0 Å². The average molecular weight is 264 g/mol. The standard InChI is InChI=1S/C13H24N6/c1-4-5-11-12(17-14)15-9-16-13(11)19-7-6-18(3)10(2)8-19/h9-10H,4-8,14H2,1-3H3,(H,15,16,17). The van der Waals surface area contributed by atoms with Crippen LogP contribution in [-0.4, -0.2) is 47.6 Å². The van der Waals surface area contributed by atoms with Gasteiger partial charge in [0.2, 0.25) is 0 Å². The largest absolute Gasteiger partial charge is 0.353 e. The Labute approximate surface area is 115 Å². The fourth-order valence-corrected chi connectivity index (χ4v) is 2.52. The minimum Gasteiger partial charge on any atom is -0.353 e. The first-order valence-electron chi connectivity index (χ1n) is 6.93. The molecule has 6 heteroatoms. The number of hydrogen-bond donors (Lipinski definition) is 2. The van der Waals surface area contributed by atoms with Crippen LogP contribution in [0.2, 0.25) is 0 Å². The van der Waals surface area contributed by atoms with Gasteiger partial charge in [0.15, 0.2) is 0 Å². The Morgan fingerprint density at radius 1 is 1.42 bits per heavy atom. The van der Waals surface area contributed by atoms with Gasteiger partial charge in [0.05, 0.1) is 0 Å². The smallest absolute Gasteiger partial charge is 0.148 e. The van der Waals surface area contributed by atoms with E-state index in [1.165, 1.54) is 0 Å². The molecule has 0 radical (unpaired) electrons. The third kappa shape index (κ3) is 2.96. The number of aromatic nitrogens is 2. The van der Waals surface area contributed by atoms with Crippen molar-refractivity contribution < 1.29 is 0 Å². The molecule has 0 amide bonds. The van der Waals surface area contributed by atoms with E-state index in [-0.39, 0.29) is 0 Å². The molecule has 0 aliphatic carbocycles. The summed E-state index contributed by atoms with van der Waals surface area (Å²) >= 11 is 0. The van der Waals surface area contributed by atoms with Crippen LogP contribution in [0.5, 0.6) is 0 Å². The molecule has 2 heterocycles. The summed E-state index contributed by atoms with van der Waals surface area (Å²) in [5, 5.41) is 0. The summed E-state index contributed by atoms with van der Waals surface area (Å²) in [6, 6.07) is 0.535. The second-order valence-electron chi connectivity index (χ2n) is 5.19. The molecule has 106 valence electrons. The first-order valence-corrected chi connectivity index (χ1v) is 6.93. The topological polar surface area (TPSA) is 70.3 Å². The summed E-state index contributed by atoms with van der Waals surface area (Å²) < 4.78 is 0. The molecule has 1 aliphatic heterocycles. The Bertz CT molecular complexity index is 422. The highest BCUT2D eigenvalue weighted by molar-refractivity contribution is 5.58. The molecule has 1 fully saturated rings. The van der Waals surface area contributed by atoms with Crippen LogP contribution < -0.4 is 16.2 Å². The van der Waals surface area contributed by atoms with Crippen molar-refractivity contribution in [3.05, 3.63) is 11.9 Å². The number of nitrogens with one attached hydrogen (secondary N) is 1. The number of piperazine rings is 1. The van der Waals surface area contributed by atoms with Crippen LogP contribution in [0.4, 0.5) is 11.6 Å². The number of likely N-dealkylation sites (N-methyl/N-ethyl adjacent to an activating group) is 1. The van der Waals surface area contributed by atoms with Crippen LogP contribution in [0.1, 0.15) is 25.8 Å². The summed E-state index contributed by atoms with van der Waals surface area (Å²) in [4.78, 5) is 13.4. The molecule has 2 rings (SSSR count). The van der Waals surface area contributed by atoms with Gasteiger partial charge in [-0.3, -0.25) is 0 Å². The van der Waals surface area contributed by atoms with E-state index < -0.39 is 0 Å². The second kappa shape index (κ2) is 6.16. The molecule has 0 saturated carbocycles. The normalized spacial score (nSPS) is 20.6. The number of nitrogen functional groups attached to an aromatic ring is 1. The van der Waals surface area contributed by atoms with Gasteiger partial charge in [0.25, 0.3) is 0 Å². The molecule has 0 bridgehead atoms. The van der Waals surface area contributed by atoms with Crippen molar-refractivity contribution in [3.63, 3.8) is 0 Å². The van der Waals surface area contributed by atoms with Gasteiger partial charge in [-0.05, 0) is 20.4 Å². The van der Waals surface area contributed by atoms with Crippen molar-refractivity contribution in [1.29, 1.82) is 0 Å². The van der Waals surface area contributed by atoms with Gasteiger partial charge in [-0.15, -0.1) is 0 Å². The molecule has 1 saturated heterocycles. The van der Waals surface area contributed by atoms with Crippen molar-refractivity contribution in [3.8, 4) is 0 Å². The molecular weight excluding hydrogens is 240 g/mol. The monoisotopic (exact) mass is 264 g/mol. The molecule has 1 aromatic rings. The lowest BCUT2D eigenvalue weighted by molar-refractivity contribution is 0.233. The van der Waals surface area contributed by atoms with Gasteiger partial charge >= 0.3 is 0 Å². The van der Waals surface area contributed by atoms with Crippen molar-refractivity contribution in [2.45, 2.75) is 32.7 Å². The summed E-state index contributed by atoms with van der Waals surface area (Å²) in [6.45, 7) is 7.45. The average Bonchev–Trinajstić information content (AvgIpc) is 2.42. The highest BCUT2D eigenvalue weighted by Crippen LogP contribution is 2.26. The zero-order valence-electron chi connectivity index (χ0n) is 12.1. The highest BCUT2D eigenvalue weighted by atomic mass is 15.3. The van der Waals surface area contributed by atoms with Crippen molar-refractivity contribution >= 4 is 11.6 Å². The van der Waals surface area contributed by atoms with Gasteiger partial charge in [-0.1, -0.05) is 13.3 Å². The number of anilines is 2. The van der Waals surface area contributed by atoms with Crippen LogP contribution in [0.25, 0.3) is 0 Å². The van der Waals surface area contributed by atoms with Crippen molar-refractivity contribution in [2.24, 2.45) is 5.84 Å². The van der Waals surface area contributed by atoms with E-state index in [4.69, 9.17) is 5.84 Å². The summed E-state index contributed by atoms with van der Waals surface area (Å²) in [7, 11) is 2.17. The number of nitrogens with two attached hydrogens (primary N) is 1. The Hall–Kier alpha value is -1.40. The summed E-state index contributed by atoms with van der Waals surface area (Å²) in [6.07, 6.45) is 3.58. The Balaban J connectivity index is 2.28. The Morgan fingerprint density at radius 3 is 2.84 bits per heavy atom. The van der Waals surface area contributed by atoms with Crippen molar-refractivity contribution in [1.82, 2.24) is 14.9 Å². The lowest BCUT2D eigenvalue weighted by Crippen LogP contribution is -2.50. The third-order valence-corrected chi connectivity index (χ3v) is 3.82. The number of nitrogens with zero attached hydrogens (tertiary/aromatic N) is 4. The van der Waals surface area contributed by atoms with Gasteiger partial charge < -0.3 is 15.2 Å². The first-order chi connectivity index (χ1) is 9.17. The maximum absolute atomic E-state index is 5.56. The van der Waals surface area contributed by atoms with E-state index >= 15 is 0 Å². The summed E-state index contributed by atoms with van der Waals surface area (Å²) in [5.74, 6) is 7.34. The van der Waals surface area contributed by atoms with Gasteiger partial charge in [-0.2, -0.15) is 0 Å². The van der Waals surface area contributed by atoms with E-state index in [0.29, 0.717) is 6.04 Å². The third-order valence-electron chi connectivity index (χ3n) is 3.82. The van der Waals surface area contributed by atoms with Gasteiger partial charge in [0, 0.05) is 31.2 Å². The van der Waals surface area contributed by atoms with Gasteiger partial charge in [0.1, 0.15) is 18.0 Å². The Kier molecular flexibility index (Phi) is 4.55. The van der Waals surface area contributed by atoms with Gasteiger partial charge in [-0.25, -0.2) is 15.8 Å². The molecule has 1 atom stereocenters. The molecule has 6 nitrogen and oxygen atoms in total. The maximum Gasteiger partial charge on any atom is 0.148 e. The zero-order chi connectivity index (χ0) is 13.8. The van der Waals surface area contributed by atoms with E-state index in [1.54, 1.807) is 6.33 Å². The minimum atomic E-state index is 0.535. The quantitative estimate of drug-likeness (QED) is 0.621. The van der Waals surface area contributed by atoms with E-state index in [1.807, 2.05) is 0 Å². The van der Waals surface area contributed by atoms with Crippen LogP contribution in [-0.2, 0) is 6.42 Å². The van der Waals surface area contributed by atoms with E-state index in [9.17, 15) is 0 Å². The van der Waals surface area contributed by atoms with Crippen LogP contribution in [0.15, 0.2) is 6.33 Å². The SMILES string of the molecule is CCCc1c(NN)ncnc1N1CCN(C)C(C)C1. The van der Waals surface area contributed by atoms with E-state index in [0.717, 1.165) is 49.7 Å². The molecule has 3 N–H and O–H groups in total. The lowest BCUT2D eigenvalue weighted by Gasteiger charge is -2.39. The second-order valence-corrected chi connectivity index (χ2v) is 5.19. The predicted molar refractivity (Wildman–Crippen MR) is 78.1 cm³/mol. The number of hydrogen-bond acceptors (Lipinski definition) is 6. The number of hydrazine groups is 1. The molecular formula is C13H24N6. The minimum absolute atomic E-state index is 0.535. The van der Waals surface area contributed by atoms with Crippen LogP contribution >= 0.6 is 0 Å². The zero-order valence-corrected chi connectivity index (χ0v) is 12.1. The number of rotatable bonds is 4. The summed E-state index contributed by atoms with van der Waals surface area (Å²) in [5.41, 5.74) is 3.82. The lowest BCUT2D eigenvalue weighted by atomic mass is 10.1. The Morgan fingerprint density at radius 2 is 2.21 bits per heavy atom. The molecule has 1 aliphatic rings. The fraction of sp³-hybridized carbons (Fsp3) is 0.692. The fourth-order valence-electron chi connectivity index (χ4n) is 2.52. The molecule has 0 spiro atoms. The molecule has 1 unspecified atom stereocenters. The maximum atomic E-state index is 5.56. The molecule has 19 heavy (non-hydrogen) atoms. The van der Waals surface area contributed by atoms with E-state index in [2.05, 4.69) is 46.1 Å². The van der Waals surface area contributed by atoms with Crippen LogP contribution in [0.3, 0.4) is 0 Å². The molecule has 0 aromatic carbocycles. The molecule has 1 aromatic heterocycles. The predicted octanol–water partition coefficient (Wildman–Crippen LogP) is 0.855.